The lowest BCUT2D eigenvalue weighted by Crippen LogP contribution is -2.16. The molecule has 0 aliphatic heterocycles. The number of nitro groups is 1. The Morgan fingerprint density at radius 2 is 2.00 bits per heavy atom. The highest BCUT2D eigenvalue weighted by Crippen LogP contribution is 2.28. The minimum absolute atomic E-state index is 0.0392. The highest BCUT2D eigenvalue weighted by Gasteiger charge is 2.18. The van der Waals surface area contributed by atoms with E-state index in [0.717, 1.165) is 23.7 Å². The van der Waals surface area contributed by atoms with E-state index in [1.807, 2.05) is 24.3 Å². The summed E-state index contributed by atoms with van der Waals surface area (Å²) in [4.78, 5) is 27.3. The van der Waals surface area contributed by atoms with Gasteiger partial charge in [-0.05, 0) is 24.5 Å². The molecule has 28 heavy (non-hydrogen) atoms. The van der Waals surface area contributed by atoms with Gasteiger partial charge >= 0.3 is 0 Å². The highest BCUT2D eigenvalue weighted by atomic mass is 32.2. The van der Waals surface area contributed by atoms with Crippen LogP contribution in [0.25, 0.3) is 11.4 Å². The number of thioether (sulfide) groups is 1. The number of hydrogen-bond donors (Lipinski definition) is 2. The van der Waals surface area contributed by atoms with E-state index in [-0.39, 0.29) is 23.0 Å². The number of aromatic amines is 1. The van der Waals surface area contributed by atoms with E-state index >= 15 is 0 Å². The first-order valence-electron chi connectivity index (χ1n) is 8.66. The maximum atomic E-state index is 12.2. The van der Waals surface area contributed by atoms with Gasteiger partial charge in [0, 0.05) is 11.6 Å². The maximum Gasteiger partial charge on any atom is 0.293 e. The van der Waals surface area contributed by atoms with Crippen molar-refractivity contribution in [2.45, 2.75) is 25.4 Å². The third kappa shape index (κ3) is 4.55. The zero-order valence-corrected chi connectivity index (χ0v) is 16.2. The minimum Gasteiger partial charge on any atom is -0.319 e. The van der Waals surface area contributed by atoms with Crippen molar-refractivity contribution >= 4 is 29.0 Å². The molecule has 1 heterocycles. The Morgan fingerprint density at radius 3 is 2.68 bits per heavy atom. The molecule has 8 nitrogen and oxygen atoms in total. The zero-order chi connectivity index (χ0) is 20.1. The van der Waals surface area contributed by atoms with E-state index < -0.39 is 4.92 Å². The van der Waals surface area contributed by atoms with Gasteiger partial charge in [0.15, 0.2) is 5.82 Å². The summed E-state index contributed by atoms with van der Waals surface area (Å²) in [5.41, 5.74) is 2.86. The monoisotopic (exact) mass is 397 g/mol. The van der Waals surface area contributed by atoms with Crippen LogP contribution in [0.2, 0.25) is 0 Å². The predicted octanol–water partition coefficient (Wildman–Crippen LogP) is 3.98. The van der Waals surface area contributed by atoms with E-state index in [0.29, 0.717) is 16.5 Å². The van der Waals surface area contributed by atoms with E-state index in [1.54, 1.807) is 19.1 Å². The van der Waals surface area contributed by atoms with Gasteiger partial charge in [-0.2, -0.15) is 0 Å². The van der Waals surface area contributed by atoms with Crippen LogP contribution in [0.3, 0.4) is 0 Å². The first-order valence-corrected chi connectivity index (χ1v) is 9.65. The molecule has 0 saturated heterocycles. The highest BCUT2D eigenvalue weighted by molar-refractivity contribution is 7.99. The summed E-state index contributed by atoms with van der Waals surface area (Å²) in [5.74, 6) is 0.304. The normalized spacial score (nSPS) is 10.6. The standard InChI is InChI=1S/C19H19N5O3S/c1-3-13-7-9-14(10-8-13)18-21-19(23-22-18)28-11-16(25)20-17-12(2)5-4-6-15(17)24(26)27/h4-10H,3,11H2,1-2H3,(H,20,25)(H,21,22,23). The van der Waals surface area contributed by atoms with Crippen molar-refractivity contribution in [1.82, 2.24) is 15.2 Å². The third-order valence-electron chi connectivity index (χ3n) is 4.14. The second kappa shape index (κ2) is 8.66. The fraction of sp³-hybridized carbons (Fsp3) is 0.211. The second-order valence-corrected chi connectivity index (χ2v) is 7.02. The number of nitrogens with zero attached hydrogens (tertiary/aromatic N) is 3. The Labute approximate surface area is 165 Å². The van der Waals surface area contributed by atoms with Crippen molar-refractivity contribution in [1.29, 1.82) is 0 Å². The first-order chi connectivity index (χ1) is 13.5. The molecule has 3 rings (SSSR count). The molecule has 0 aliphatic carbocycles. The van der Waals surface area contributed by atoms with E-state index in [4.69, 9.17) is 0 Å². The SMILES string of the molecule is CCc1ccc(-c2nc(SCC(=O)Nc3c(C)cccc3[N+](=O)[O-])n[nH]2)cc1. The summed E-state index contributed by atoms with van der Waals surface area (Å²) in [6, 6.07) is 12.7. The molecule has 0 atom stereocenters. The molecule has 0 unspecified atom stereocenters. The van der Waals surface area contributed by atoms with E-state index in [9.17, 15) is 14.9 Å². The molecular formula is C19H19N5O3S. The van der Waals surface area contributed by atoms with Crippen LogP contribution in [0.4, 0.5) is 11.4 Å². The predicted molar refractivity (Wildman–Crippen MR) is 108 cm³/mol. The molecule has 0 fully saturated rings. The number of benzene rings is 2. The number of carbonyl (C=O) groups is 1. The van der Waals surface area contributed by atoms with Crippen molar-refractivity contribution in [3.05, 3.63) is 63.7 Å². The van der Waals surface area contributed by atoms with Crippen molar-refractivity contribution in [2.75, 3.05) is 11.1 Å². The molecule has 144 valence electrons. The lowest BCUT2D eigenvalue weighted by molar-refractivity contribution is -0.384. The third-order valence-corrected chi connectivity index (χ3v) is 4.99. The summed E-state index contributed by atoms with van der Waals surface area (Å²) in [5, 5.41) is 21.2. The molecule has 1 amide bonds. The number of aryl methyl sites for hydroxylation is 2. The molecule has 0 radical (unpaired) electrons. The molecule has 2 aromatic carbocycles. The van der Waals surface area contributed by atoms with Crippen LogP contribution in [-0.4, -0.2) is 31.8 Å². The van der Waals surface area contributed by atoms with Gasteiger partial charge in [-0.15, -0.1) is 5.10 Å². The number of aromatic nitrogens is 3. The second-order valence-electron chi connectivity index (χ2n) is 6.08. The van der Waals surface area contributed by atoms with Gasteiger partial charge in [0.2, 0.25) is 11.1 Å². The van der Waals surface area contributed by atoms with Gasteiger partial charge in [-0.3, -0.25) is 20.0 Å². The van der Waals surface area contributed by atoms with Crippen LogP contribution in [0, 0.1) is 17.0 Å². The quantitative estimate of drug-likeness (QED) is 0.354. The Morgan fingerprint density at radius 1 is 1.25 bits per heavy atom. The summed E-state index contributed by atoms with van der Waals surface area (Å²) in [6.07, 6.45) is 0.964. The van der Waals surface area contributed by atoms with Crippen LogP contribution in [0.1, 0.15) is 18.1 Å². The molecule has 0 bridgehead atoms. The number of rotatable bonds is 7. The Hall–Kier alpha value is -3.20. The fourth-order valence-corrected chi connectivity index (χ4v) is 3.21. The van der Waals surface area contributed by atoms with Crippen LogP contribution in [-0.2, 0) is 11.2 Å². The topological polar surface area (TPSA) is 114 Å². The Bertz CT molecular complexity index is 1000. The number of hydrogen-bond acceptors (Lipinski definition) is 6. The lowest BCUT2D eigenvalue weighted by atomic mass is 10.1. The Balaban J connectivity index is 1.63. The number of carbonyl (C=O) groups excluding carboxylic acids is 1. The Kier molecular flexibility index (Phi) is 6.05. The summed E-state index contributed by atoms with van der Waals surface area (Å²) in [7, 11) is 0. The van der Waals surface area contributed by atoms with Gasteiger partial charge in [-0.25, -0.2) is 4.98 Å². The van der Waals surface area contributed by atoms with Gasteiger partial charge in [0.1, 0.15) is 5.69 Å². The molecule has 0 saturated carbocycles. The number of nitro benzene ring substituents is 1. The number of anilines is 1. The van der Waals surface area contributed by atoms with E-state index in [2.05, 4.69) is 27.4 Å². The average Bonchev–Trinajstić information content (AvgIpc) is 3.17. The zero-order valence-electron chi connectivity index (χ0n) is 15.4. The molecule has 0 spiro atoms. The first kappa shape index (κ1) is 19.6. The number of H-pyrrole nitrogens is 1. The number of amides is 1. The van der Waals surface area contributed by atoms with Gasteiger partial charge in [-0.1, -0.05) is 55.1 Å². The lowest BCUT2D eigenvalue weighted by Gasteiger charge is -2.08. The van der Waals surface area contributed by atoms with Gasteiger partial charge in [0.25, 0.3) is 5.69 Å². The largest absolute Gasteiger partial charge is 0.319 e. The van der Waals surface area contributed by atoms with Crippen LogP contribution < -0.4 is 5.32 Å². The van der Waals surface area contributed by atoms with Crippen molar-refractivity contribution < 1.29 is 9.72 Å². The van der Waals surface area contributed by atoms with Crippen molar-refractivity contribution in [3.63, 3.8) is 0 Å². The maximum absolute atomic E-state index is 12.2. The fourth-order valence-electron chi connectivity index (χ4n) is 2.61. The van der Waals surface area contributed by atoms with Crippen molar-refractivity contribution in [2.24, 2.45) is 0 Å². The summed E-state index contributed by atoms with van der Waals surface area (Å²) < 4.78 is 0. The number of nitrogens with one attached hydrogen (secondary N) is 2. The number of para-hydroxylation sites is 1. The van der Waals surface area contributed by atoms with Crippen molar-refractivity contribution in [3.8, 4) is 11.4 Å². The summed E-state index contributed by atoms with van der Waals surface area (Å²) >= 11 is 1.16. The molecule has 9 heteroatoms. The average molecular weight is 397 g/mol. The van der Waals surface area contributed by atoms with Crippen LogP contribution in [0.15, 0.2) is 47.6 Å². The minimum atomic E-state index is -0.513. The molecule has 0 aliphatic rings. The summed E-state index contributed by atoms with van der Waals surface area (Å²) in [6.45, 7) is 3.80. The van der Waals surface area contributed by atoms with Gasteiger partial charge in [0.05, 0.1) is 10.7 Å². The molecule has 2 N–H and O–H groups in total. The van der Waals surface area contributed by atoms with E-state index in [1.165, 1.54) is 11.6 Å². The smallest absolute Gasteiger partial charge is 0.293 e. The van der Waals surface area contributed by atoms with Gasteiger partial charge < -0.3 is 5.32 Å². The van der Waals surface area contributed by atoms with Crippen LogP contribution in [0.5, 0.6) is 0 Å². The van der Waals surface area contributed by atoms with Crippen LogP contribution >= 0.6 is 11.8 Å². The molecule has 3 aromatic rings. The molecular weight excluding hydrogens is 378 g/mol. The molecule has 1 aromatic heterocycles.